The van der Waals surface area contributed by atoms with Crippen LogP contribution in [-0.4, -0.2) is 34.8 Å². The van der Waals surface area contributed by atoms with E-state index in [9.17, 15) is 17.2 Å². The molecular formula is C24H22BrF2NO6S2. The molecule has 2 N–H and O–H groups in total. The number of ether oxygens (including phenoxy) is 4. The van der Waals surface area contributed by atoms with Gasteiger partial charge in [-0.25, -0.2) is 13.6 Å². The van der Waals surface area contributed by atoms with Crippen LogP contribution >= 0.6 is 27.3 Å². The van der Waals surface area contributed by atoms with Crippen LogP contribution < -0.4 is 19.3 Å². The van der Waals surface area contributed by atoms with Crippen LogP contribution in [0.25, 0.3) is 11.1 Å². The minimum absolute atomic E-state index is 0.0942. The first-order valence-corrected chi connectivity index (χ1v) is 14.0. The van der Waals surface area contributed by atoms with Crippen LogP contribution in [0.15, 0.2) is 58.9 Å². The van der Waals surface area contributed by atoms with E-state index in [1.54, 1.807) is 30.3 Å². The van der Waals surface area contributed by atoms with Crippen molar-refractivity contribution < 1.29 is 36.1 Å². The van der Waals surface area contributed by atoms with Crippen molar-refractivity contribution >= 4 is 37.3 Å². The topological polar surface area (TPSA) is 97.1 Å². The van der Waals surface area contributed by atoms with Crippen LogP contribution in [-0.2, 0) is 20.5 Å². The molecule has 0 saturated carbocycles. The maximum atomic E-state index is 13.5. The van der Waals surface area contributed by atoms with Gasteiger partial charge in [-0.1, -0.05) is 24.3 Å². The molecule has 36 heavy (non-hydrogen) atoms. The Morgan fingerprint density at radius 2 is 2.00 bits per heavy atom. The molecule has 1 aliphatic rings. The summed E-state index contributed by atoms with van der Waals surface area (Å²) in [5, 5.41) is 5.25. The highest BCUT2D eigenvalue weighted by molar-refractivity contribution is 9.11. The van der Waals surface area contributed by atoms with Gasteiger partial charge in [0.1, 0.15) is 12.4 Å². The Morgan fingerprint density at radius 1 is 1.19 bits per heavy atom. The molecule has 2 aromatic carbocycles. The molecule has 0 amide bonds. The molecule has 0 saturated heterocycles. The number of thiophene rings is 1. The first-order chi connectivity index (χ1) is 17.2. The normalized spacial score (nSPS) is 14.6. The van der Waals surface area contributed by atoms with Crippen molar-refractivity contribution in [2.75, 3.05) is 19.8 Å². The highest BCUT2D eigenvalue weighted by Crippen LogP contribution is 2.53. The zero-order valence-electron chi connectivity index (χ0n) is 18.8. The molecule has 1 unspecified atom stereocenters. The van der Waals surface area contributed by atoms with Gasteiger partial charge in [0, 0.05) is 5.56 Å². The smallest absolute Gasteiger partial charge is 0.387 e. The number of halogens is 3. The van der Waals surface area contributed by atoms with E-state index in [2.05, 4.69) is 22.5 Å². The van der Waals surface area contributed by atoms with E-state index in [0.29, 0.717) is 29.0 Å². The molecule has 7 nitrogen and oxygen atoms in total. The summed E-state index contributed by atoms with van der Waals surface area (Å²) in [4.78, 5) is 0.831. The van der Waals surface area contributed by atoms with E-state index in [0.717, 1.165) is 8.66 Å². The number of fused-ring (bicyclic) bond motifs is 3. The number of nitrogens with two attached hydrogens (primary N) is 1. The Labute approximate surface area is 219 Å². The van der Waals surface area contributed by atoms with Gasteiger partial charge in [-0.05, 0) is 51.3 Å². The van der Waals surface area contributed by atoms with Crippen molar-refractivity contribution in [2.24, 2.45) is 5.14 Å². The van der Waals surface area contributed by atoms with Gasteiger partial charge in [0.05, 0.1) is 33.2 Å². The lowest BCUT2D eigenvalue weighted by atomic mass is 9.90. The monoisotopic (exact) mass is 601 g/mol. The quantitative estimate of drug-likeness (QED) is 0.226. The van der Waals surface area contributed by atoms with Gasteiger partial charge < -0.3 is 18.9 Å². The standard InChI is InChI=1S/C24H22BrF2NO6S2/c1-2-9-31-10-11-32-18-6-5-17-21(23(18)34-24(26)27)15-4-3-14(13-36(28,29)30)12-16(15)22(33-17)19-7-8-20(25)35-19/h2-8,12,22,24H,1,9-11,13H2,(H2,28,29,30). The average molecular weight is 602 g/mol. The second-order valence-electron chi connectivity index (χ2n) is 7.73. The number of hydrogen-bond acceptors (Lipinski definition) is 7. The number of hydrogen-bond donors (Lipinski definition) is 1. The summed E-state index contributed by atoms with van der Waals surface area (Å²) in [6, 6.07) is 11.8. The Bertz CT molecular complexity index is 1360. The molecule has 2 heterocycles. The second kappa shape index (κ2) is 11.3. The van der Waals surface area contributed by atoms with Gasteiger partial charge >= 0.3 is 6.61 Å². The van der Waals surface area contributed by atoms with Gasteiger partial charge in [-0.3, -0.25) is 0 Å². The lowest BCUT2D eigenvalue weighted by Gasteiger charge is -2.30. The fourth-order valence-corrected chi connectivity index (χ4v) is 5.96. The molecule has 0 spiro atoms. The number of sulfonamides is 1. The van der Waals surface area contributed by atoms with Crippen LogP contribution in [0.4, 0.5) is 8.78 Å². The predicted octanol–water partition coefficient (Wildman–Crippen LogP) is 5.63. The van der Waals surface area contributed by atoms with Gasteiger partial charge in [-0.2, -0.15) is 8.78 Å². The first kappa shape index (κ1) is 26.6. The zero-order valence-corrected chi connectivity index (χ0v) is 22.0. The molecular weight excluding hydrogens is 580 g/mol. The largest absolute Gasteiger partial charge is 0.487 e. The lowest BCUT2D eigenvalue weighted by molar-refractivity contribution is -0.0514. The van der Waals surface area contributed by atoms with Crippen LogP contribution in [0.2, 0.25) is 0 Å². The van der Waals surface area contributed by atoms with E-state index in [1.807, 2.05) is 12.1 Å². The number of alkyl halides is 2. The highest BCUT2D eigenvalue weighted by atomic mass is 79.9. The molecule has 1 atom stereocenters. The van der Waals surface area contributed by atoms with Crippen molar-refractivity contribution in [2.45, 2.75) is 18.5 Å². The van der Waals surface area contributed by atoms with E-state index in [-0.39, 0.29) is 36.0 Å². The Hall–Kier alpha value is -2.51. The maximum Gasteiger partial charge on any atom is 0.387 e. The fourth-order valence-electron chi connectivity index (χ4n) is 3.85. The third-order valence-corrected chi connectivity index (χ3v) is 7.55. The average Bonchev–Trinajstić information content (AvgIpc) is 3.24. The van der Waals surface area contributed by atoms with Crippen LogP contribution in [0.3, 0.4) is 0 Å². The summed E-state index contributed by atoms with van der Waals surface area (Å²) < 4.78 is 73.5. The van der Waals surface area contributed by atoms with Crippen molar-refractivity contribution in [1.82, 2.24) is 0 Å². The predicted molar refractivity (Wildman–Crippen MR) is 136 cm³/mol. The molecule has 0 radical (unpaired) electrons. The van der Waals surface area contributed by atoms with Gasteiger partial charge in [0.2, 0.25) is 10.0 Å². The maximum absolute atomic E-state index is 13.5. The fraction of sp³-hybridized carbons (Fsp3) is 0.250. The minimum Gasteiger partial charge on any atom is -0.487 e. The molecule has 192 valence electrons. The Balaban J connectivity index is 1.82. The summed E-state index contributed by atoms with van der Waals surface area (Å²) in [5.41, 5.74) is 1.85. The first-order valence-electron chi connectivity index (χ1n) is 10.6. The highest BCUT2D eigenvalue weighted by Gasteiger charge is 2.33. The van der Waals surface area contributed by atoms with Gasteiger partial charge in [0.25, 0.3) is 0 Å². The summed E-state index contributed by atoms with van der Waals surface area (Å²) >= 11 is 4.88. The minimum atomic E-state index is -3.80. The molecule has 4 rings (SSSR count). The van der Waals surface area contributed by atoms with E-state index in [4.69, 9.17) is 24.1 Å². The van der Waals surface area contributed by atoms with E-state index < -0.39 is 22.7 Å². The van der Waals surface area contributed by atoms with Gasteiger partial charge in [0.15, 0.2) is 17.6 Å². The number of benzene rings is 2. The van der Waals surface area contributed by atoms with Crippen molar-refractivity contribution in [3.63, 3.8) is 0 Å². The van der Waals surface area contributed by atoms with Crippen LogP contribution in [0.5, 0.6) is 17.2 Å². The van der Waals surface area contributed by atoms with Crippen LogP contribution in [0, 0.1) is 0 Å². The number of primary sulfonamides is 1. The summed E-state index contributed by atoms with van der Waals surface area (Å²) in [6.45, 7) is 1.09. The molecule has 0 aliphatic carbocycles. The third-order valence-electron chi connectivity index (χ3n) is 5.14. The Morgan fingerprint density at radius 3 is 2.67 bits per heavy atom. The molecule has 0 bridgehead atoms. The Kier molecular flexibility index (Phi) is 8.30. The van der Waals surface area contributed by atoms with E-state index in [1.165, 1.54) is 17.4 Å². The van der Waals surface area contributed by atoms with Gasteiger partial charge in [-0.15, -0.1) is 17.9 Å². The summed E-state index contributed by atoms with van der Waals surface area (Å²) in [6.07, 6.45) is 0.980. The summed E-state index contributed by atoms with van der Waals surface area (Å²) in [5.74, 6) is -0.154. The van der Waals surface area contributed by atoms with E-state index >= 15 is 0 Å². The second-order valence-corrected chi connectivity index (χ2v) is 11.8. The van der Waals surface area contributed by atoms with Crippen molar-refractivity contribution in [3.05, 3.63) is 74.9 Å². The van der Waals surface area contributed by atoms with Crippen molar-refractivity contribution in [3.8, 4) is 28.4 Å². The van der Waals surface area contributed by atoms with Crippen LogP contribution in [0.1, 0.15) is 22.1 Å². The number of rotatable bonds is 11. The molecule has 0 fully saturated rings. The molecule has 3 aromatic rings. The molecule has 1 aromatic heterocycles. The third kappa shape index (κ3) is 6.24. The summed E-state index contributed by atoms with van der Waals surface area (Å²) in [7, 11) is -3.80. The molecule has 12 heteroatoms. The zero-order chi connectivity index (χ0) is 25.9. The lowest BCUT2D eigenvalue weighted by Crippen LogP contribution is -2.18. The SMILES string of the molecule is C=CCOCCOc1ccc2c(c1OC(F)F)-c1ccc(CS(N)(=O)=O)cc1C(c1ccc(Br)s1)O2. The molecule has 1 aliphatic heterocycles. The van der Waals surface area contributed by atoms with Crippen molar-refractivity contribution in [1.29, 1.82) is 0 Å².